The van der Waals surface area contributed by atoms with Crippen LogP contribution in [0.3, 0.4) is 0 Å². The van der Waals surface area contributed by atoms with Crippen molar-refractivity contribution >= 4 is 16.3 Å². The van der Waals surface area contributed by atoms with Gasteiger partial charge in [-0.15, -0.1) is 10.2 Å². The third-order valence-electron chi connectivity index (χ3n) is 4.44. The van der Waals surface area contributed by atoms with Crippen molar-refractivity contribution in [3.05, 3.63) is 10.8 Å². The molecular weight excluding hydrogens is 274 g/mol. The van der Waals surface area contributed by atoms with Crippen molar-refractivity contribution in [2.45, 2.75) is 50.0 Å². The molecule has 1 saturated heterocycles. The smallest absolute Gasteiger partial charge is 0.234 e. The Morgan fingerprint density at radius 1 is 1.10 bits per heavy atom. The molecule has 2 aromatic heterocycles. The Labute approximate surface area is 121 Å². The van der Waals surface area contributed by atoms with Gasteiger partial charge in [0.05, 0.1) is 0 Å². The first-order valence-electron chi connectivity index (χ1n) is 7.36. The van der Waals surface area contributed by atoms with Crippen LogP contribution in [0.1, 0.15) is 54.8 Å². The van der Waals surface area contributed by atoms with Gasteiger partial charge in [0.2, 0.25) is 4.96 Å². The number of fused-ring (bicyclic) bond motifs is 1. The molecule has 1 aliphatic carbocycles. The zero-order chi connectivity index (χ0) is 13.5. The Balaban J connectivity index is 1.64. The molecule has 108 valence electrons. The van der Waals surface area contributed by atoms with E-state index in [1.807, 2.05) is 4.52 Å². The molecule has 0 radical (unpaired) electrons. The fourth-order valence-corrected chi connectivity index (χ4v) is 4.26. The minimum absolute atomic E-state index is 0.337. The van der Waals surface area contributed by atoms with Crippen LogP contribution in [0.5, 0.6) is 0 Å². The fraction of sp³-hybridized carbons (Fsp3) is 0.769. The third-order valence-corrected chi connectivity index (χ3v) is 5.50. The maximum atomic E-state index is 6.01. The summed E-state index contributed by atoms with van der Waals surface area (Å²) < 4.78 is 7.38. The monoisotopic (exact) mass is 293 g/mol. The Hall–Kier alpha value is -1.05. The first-order valence-corrected chi connectivity index (χ1v) is 8.18. The minimum Gasteiger partial charge on any atom is -0.381 e. The van der Waals surface area contributed by atoms with E-state index >= 15 is 0 Å². The molecule has 2 fully saturated rings. The Kier molecular flexibility index (Phi) is 3.20. The molecule has 0 bridgehead atoms. The third kappa shape index (κ3) is 2.13. The van der Waals surface area contributed by atoms with Crippen LogP contribution in [0.15, 0.2) is 0 Å². The predicted molar refractivity (Wildman–Crippen MR) is 76.0 cm³/mol. The lowest BCUT2D eigenvalue weighted by molar-refractivity contribution is 0.0831. The van der Waals surface area contributed by atoms with E-state index < -0.39 is 0 Å². The molecule has 0 unspecified atom stereocenters. The first kappa shape index (κ1) is 12.7. The van der Waals surface area contributed by atoms with Gasteiger partial charge in [0, 0.05) is 31.1 Å². The minimum atomic E-state index is 0.337. The number of hydrogen-bond acceptors (Lipinski definition) is 6. The van der Waals surface area contributed by atoms with E-state index in [2.05, 4.69) is 10.2 Å². The van der Waals surface area contributed by atoms with Crippen LogP contribution >= 0.6 is 11.3 Å². The van der Waals surface area contributed by atoms with Crippen molar-refractivity contribution in [2.75, 3.05) is 13.2 Å². The lowest BCUT2D eigenvalue weighted by atomic mass is 10.00. The van der Waals surface area contributed by atoms with Gasteiger partial charge in [-0.1, -0.05) is 11.3 Å². The summed E-state index contributed by atoms with van der Waals surface area (Å²) in [5, 5.41) is 14.6. The summed E-state index contributed by atoms with van der Waals surface area (Å²) in [6.45, 7) is 1.63. The molecule has 2 aliphatic rings. The number of hydrogen-bond donors (Lipinski definition) is 1. The summed E-state index contributed by atoms with van der Waals surface area (Å²) in [7, 11) is 0. The quantitative estimate of drug-likeness (QED) is 0.911. The second-order valence-electron chi connectivity index (χ2n) is 5.85. The molecule has 2 aromatic rings. The molecular formula is C13H19N5OS. The zero-order valence-electron chi connectivity index (χ0n) is 11.4. The normalized spacial score (nSPS) is 28.4. The van der Waals surface area contributed by atoms with E-state index in [9.17, 15) is 0 Å². The van der Waals surface area contributed by atoms with Gasteiger partial charge < -0.3 is 10.5 Å². The Bertz CT molecular complexity index is 603. The summed E-state index contributed by atoms with van der Waals surface area (Å²) in [6.07, 6.45) is 5.34. The first-order chi connectivity index (χ1) is 9.81. The standard InChI is InChI=1S/C13H19N5OS/c14-10-2-1-9(7-10)12-17-18-11(15-16-13(18)20-12)8-3-5-19-6-4-8/h8-10H,1-7,14H2/t9-,10+/m1/s1. The van der Waals surface area contributed by atoms with Gasteiger partial charge in [-0.05, 0) is 32.1 Å². The number of aromatic nitrogens is 4. The lowest BCUT2D eigenvalue weighted by Crippen LogP contribution is -2.17. The molecule has 0 aromatic carbocycles. The second-order valence-corrected chi connectivity index (χ2v) is 6.84. The molecule has 0 spiro atoms. The number of nitrogens with two attached hydrogens (primary N) is 1. The fourth-order valence-electron chi connectivity index (χ4n) is 3.26. The van der Waals surface area contributed by atoms with Gasteiger partial charge in [0.1, 0.15) is 5.01 Å². The molecule has 2 atom stereocenters. The van der Waals surface area contributed by atoms with E-state index in [0.717, 1.165) is 56.1 Å². The highest BCUT2D eigenvalue weighted by Gasteiger charge is 2.28. The average Bonchev–Trinajstić information content (AvgIpc) is 3.13. The van der Waals surface area contributed by atoms with Gasteiger partial charge in [-0.25, -0.2) is 0 Å². The maximum Gasteiger partial charge on any atom is 0.234 e. The number of nitrogens with zero attached hydrogens (tertiary/aromatic N) is 4. The second kappa shape index (κ2) is 5.05. The summed E-state index contributed by atoms with van der Waals surface area (Å²) in [6, 6.07) is 0.337. The highest BCUT2D eigenvalue weighted by Crippen LogP contribution is 2.36. The zero-order valence-corrected chi connectivity index (χ0v) is 12.2. The Morgan fingerprint density at radius 3 is 2.70 bits per heavy atom. The van der Waals surface area contributed by atoms with E-state index in [0.29, 0.717) is 17.9 Å². The molecule has 4 rings (SSSR count). The van der Waals surface area contributed by atoms with Crippen LogP contribution in [-0.2, 0) is 4.74 Å². The van der Waals surface area contributed by atoms with Crippen LogP contribution in [0.25, 0.3) is 4.96 Å². The molecule has 3 heterocycles. The van der Waals surface area contributed by atoms with E-state index in [1.54, 1.807) is 11.3 Å². The van der Waals surface area contributed by atoms with Crippen molar-refractivity contribution in [1.82, 2.24) is 19.8 Å². The summed E-state index contributed by atoms with van der Waals surface area (Å²) in [5.74, 6) is 1.95. The van der Waals surface area contributed by atoms with Gasteiger partial charge in [0.25, 0.3) is 0 Å². The van der Waals surface area contributed by atoms with Crippen LogP contribution < -0.4 is 5.73 Å². The largest absolute Gasteiger partial charge is 0.381 e. The molecule has 1 aliphatic heterocycles. The summed E-state index contributed by atoms with van der Waals surface area (Å²) in [5.41, 5.74) is 6.01. The van der Waals surface area contributed by atoms with Gasteiger partial charge in [0.15, 0.2) is 5.82 Å². The summed E-state index contributed by atoms with van der Waals surface area (Å²) >= 11 is 1.67. The van der Waals surface area contributed by atoms with E-state index in [-0.39, 0.29) is 0 Å². The lowest BCUT2D eigenvalue weighted by Gasteiger charge is -2.19. The SMILES string of the molecule is N[C@H]1CC[C@@H](c2nn3c(C4CCOCC4)nnc3s2)C1. The molecule has 7 heteroatoms. The highest BCUT2D eigenvalue weighted by molar-refractivity contribution is 7.16. The van der Waals surface area contributed by atoms with E-state index in [4.69, 9.17) is 15.6 Å². The molecule has 6 nitrogen and oxygen atoms in total. The molecule has 20 heavy (non-hydrogen) atoms. The van der Waals surface area contributed by atoms with Crippen LogP contribution in [0.4, 0.5) is 0 Å². The van der Waals surface area contributed by atoms with Crippen LogP contribution in [0.2, 0.25) is 0 Å². The average molecular weight is 293 g/mol. The maximum absolute atomic E-state index is 6.01. The molecule has 1 saturated carbocycles. The van der Waals surface area contributed by atoms with Gasteiger partial charge >= 0.3 is 0 Å². The van der Waals surface area contributed by atoms with Crippen molar-refractivity contribution in [1.29, 1.82) is 0 Å². The predicted octanol–water partition coefficient (Wildman–Crippen LogP) is 1.67. The van der Waals surface area contributed by atoms with Crippen molar-refractivity contribution < 1.29 is 4.74 Å². The molecule has 0 amide bonds. The molecule has 2 N–H and O–H groups in total. The van der Waals surface area contributed by atoms with Gasteiger partial charge in [-0.2, -0.15) is 9.61 Å². The van der Waals surface area contributed by atoms with E-state index in [1.165, 1.54) is 5.01 Å². The van der Waals surface area contributed by atoms with Gasteiger partial charge in [-0.3, -0.25) is 0 Å². The topological polar surface area (TPSA) is 78.3 Å². The van der Waals surface area contributed by atoms with Crippen molar-refractivity contribution in [2.24, 2.45) is 5.73 Å². The summed E-state index contributed by atoms with van der Waals surface area (Å²) in [4.78, 5) is 0.918. The van der Waals surface area contributed by atoms with Crippen molar-refractivity contribution in [3.63, 3.8) is 0 Å². The Morgan fingerprint density at radius 2 is 1.95 bits per heavy atom. The van der Waals surface area contributed by atoms with Crippen LogP contribution in [0, 0.1) is 0 Å². The number of rotatable bonds is 2. The van der Waals surface area contributed by atoms with Crippen LogP contribution in [-0.4, -0.2) is 39.1 Å². The van der Waals surface area contributed by atoms with Crippen molar-refractivity contribution in [3.8, 4) is 0 Å². The highest BCUT2D eigenvalue weighted by atomic mass is 32.1. The number of ether oxygens (including phenoxy) is 1.